The summed E-state index contributed by atoms with van der Waals surface area (Å²) in [6, 6.07) is 4.62. The molecule has 0 radical (unpaired) electrons. The van der Waals surface area contributed by atoms with Gasteiger partial charge in [-0.2, -0.15) is 13.2 Å². The first kappa shape index (κ1) is 9.70. The minimum atomic E-state index is -4.61. The maximum Gasteiger partial charge on any atom is 0.418 e. The maximum atomic E-state index is 12.1. The van der Waals surface area contributed by atoms with Crippen LogP contribution in [0.1, 0.15) is 11.6 Å². The van der Waals surface area contributed by atoms with E-state index in [0.717, 1.165) is 0 Å². The van der Waals surface area contributed by atoms with Crippen LogP contribution in [-0.2, 0) is 0 Å². The fourth-order valence-electron chi connectivity index (χ4n) is 0.945. The third kappa shape index (κ3) is 2.27. The Morgan fingerprint density at radius 2 is 1.69 bits per heavy atom. The Kier molecular flexibility index (Phi) is 2.65. The Morgan fingerprint density at radius 1 is 1.15 bits per heavy atom. The molecule has 1 aromatic rings. The van der Waals surface area contributed by atoms with Gasteiger partial charge in [-0.05, 0) is 5.56 Å². The number of alkyl halides is 3. The van der Waals surface area contributed by atoms with Gasteiger partial charge in [0, 0.05) is 0 Å². The summed E-state index contributed by atoms with van der Waals surface area (Å²) in [5, 5.41) is 2.05. The second-order valence-corrected chi connectivity index (χ2v) is 2.46. The van der Waals surface area contributed by atoms with E-state index in [1.54, 1.807) is 6.07 Å². The zero-order chi connectivity index (χ0) is 9.90. The largest absolute Gasteiger partial charge is 0.418 e. The second kappa shape index (κ2) is 3.55. The molecule has 0 fully saturated rings. The molecule has 1 aromatic carbocycles. The number of hydrogen-bond donors (Lipinski definition) is 0. The summed E-state index contributed by atoms with van der Waals surface area (Å²) in [6.45, 7) is 0. The zero-order valence-electron chi connectivity index (χ0n) is 6.45. The average molecular weight is 189 g/mol. The second-order valence-electron chi connectivity index (χ2n) is 2.46. The van der Waals surface area contributed by atoms with Gasteiger partial charge >= 0.3 is 6.18 Å². The van der Waals surface area contributed by atoms with Crippen molar-refractivity contribution in [2.45, 2.75) is 12.2 Å². The lowest BCUT2D eigenvalue weighted by Crippen LogP contribution is -2.18. The number of nitroso groups, excluding NO2 is 1. The third-order valence-electron chi connectivity index (χ3n) is 1.53. The fourth-order valence-corrected chi connectivity index (χ4v) is 0.945. The molecular weight excluding hydrogens is 183 g/mol. The van der Waals surface area contributed by atoms with Crippen molar-refractivity contribution in [3.05, 3.63) is 40.8 Å². The normalized spacial score (nSPS) is 13.8. The highest BCUT2D eigenvalue weighted by atomic mass is 19.4. The van der Waals surface area contributed by atoms with Crippen LogP contribution in [0.5, 0.6) is 0 Å². The summed E-state index contributed by atoms with van der Waals surface area (Å²) >= 11 is 0. The molecule has 5 heteroatoms. The molecule has 0 bridgehead atoms. The Labute approximate surface area is 72.4 Å². The highest BCUT2D eigenvalue weighted by Gasteiger charge is 2.42. The monoisotopic (exact) mass is 189 g/mol. The Balaban J connectivity index is 2.99. The molecule has 1 unspecified atom stereocenters. The van der Waals surface area contributed by atoms with E-state index in [-0.39, 0.29) is 5.56 Å². The smallest absolute Gasteiger partial charge is 0.168 e. The van der Waals surface area contributed by atoms with Crippen molar-refractivity contribution in [2.24, 2.45) is 5.18 Å². The topological polar surface area (TPSA) is 29.4 Å². The number of benzene rings is 1. The van der Waals surface area contributed by atoms with Gasteiger partial charge in [0.25, 0.3) is 0 Å². The first-order valence-electron chi connectivity index (χ1n) is 3.50. The lowest BCUT2D eigenvalue weighted by molar-refractivity contribution is -0.148. The Hall–Kier alpha value is -1.39. The van der Waals surface area contributed by atoms with Crippen molar-refractivity contribution in [1.82, 2.24) is 0 Å². The predicted octanol–water partition coefficient (Wildman–Crippen LogP) is 3.06. The number of hydrogen-bond acceptors (Lipinski definition) is 2. The van der Waals surface area contributed by atoms with Crippen molar-refractivity contribution < 1.29 is 13.2 Å². The molecule has 1 rings (SSSR count). The molecule has 1 atom stereocenters. The molecule has 0 aromatic heterocycles. The Bertz CT molecular complexity index is 283. The van der Waals surface area contributed by atoms with Gasteiger partial charge < -0.3 is 0 Å². The number of rotatable bonds is 2. The number of nitrogens with zero attached hydrogens (tertiary/aromatic N) is 1. The van der Waals surface area contributed by atoms with Gasteiger partial charge in [-0.25, -0.2) is 0 Å². The third-order valence-corrected chi connectivity index (χ3v) is 1.53. The van der Waals surface area contributed by atoms with Crippen LogP contribution in [0.3, 0.4) is 0 Å². The van der Waals surface area contributed by atoms with Crippen LogP contribution in [0.15, 0.2) is 35.5 Å². The molecule has 13 heavy (non-hydrogen) atoms. The van der Waals surface area contributed by atoms with Gasteiger partial charge in [0.05, 0.1) is 0 Å². The summed E-state index contributed by atoms with van der Waals surface area (Å²) in [5.41, 5.74) is -0.134. The van der Waals surface area contributed by atoms with Crippen LogP contribution in [0, 0.1) is 4.91 Å². The summed E-state index contributed by atoms with van der Waals surface area (Å²) in [7, 11) is 0. The Morgan fingerprint density at radius 3 is 2.08 bits per heavy atom. The van der Waals surface area contributed by atoms with E-state index < -0.39 is 12.2 Å². The van der Waals surface area contributed by atoms with Crippen molar-refractivity contribution in [3.63, 3.8) is 0 Å². The van der Waals surface area contributed by atoms with E-state index in [2.05, 4.69) is 5.18 Å². The van der Waals surface area contributed by atoms with E-state index in [1.165, 1.54) is 24.3 Å². The summed E-state index contributed by atoms with van der Waals surface area (Å²) < 4.78 is 36.3. The van der Waals surface area contributed by atoms with Crippen LogP contribution in [-0.4, -0.2) is 6.18 Å². The highest BCUT2D eigenvalue weighted by molar-refractivity contribution is 5.20. The molecule has 0 spiro atoms. The zero-order valence-corrected chi connectivity index (χ0v) is 6.45. The van der Waals surface area contributed by atoms with Crippen LogP contribution >= 0.6 is 0 Å². The molecule has 70 valence electrons. The minimum absolute atomic E-state index is 0.134. The minimum Gasteiger partial charge on any atom is -0.168 e. The molecule has 0 saturated carbocycles. The van der Waals surface area contributed by atoms with Crippen LogP contribution in [0.2, 0.25) is 0 Å². The molecule has 0 aliphatic carbocycles. The standard InChI is InChI=1S/C8H6F3NO/c9-8(10,11)7(12-13)6-4-2-1-3-5-6/h1-5,7H. The van der Waals surface area contributed by atoms with Gasteiger partial charge in [0.1, 0.15) is 0 Å². The molecule has 0 heterocycles. The van der Waals surface area contributed by atoms with Gasteiger partial charge in [0.15, 0.2) is 0 Å². The molecule has 0 aliphatic heterocycles. The predicted molar refractivity (Wildman–Crippen MR) is 41.0 cm³/mol. The molecule has 0 saturated heterocycles. The van der Waals surface area contributed by atoms with Gasteiger partial charge in [-0.3, -0.25) is 0 Å². The lowest BCUT2D eigenvalue weighted by atomic mass is 10.1. The van der Waals surface area contributed by atoms with E-state index >= 15 is 0 Å². The quantitative estimate of drug-likeness (QED) is 0.657. The summed E-state index contributed by atoms with van der Waals surface area (Å²) in [5.74, 6) is 0. The SMILES string of the molecule is O=NC(c1ccccc1)C(F)(F)F. The lowest BCUT2D eigenvalue weighted by Gasteiger charge is -2.12. The summed E-state index contributed by atoms with van der Waals surface area (Å²) in [6.07, 6.45) is -4.61. The van der Waals surface area contributed by atoms with E-state index in [1.807, 2.05) is 0 Å². The first-order valence-corrected chi connectivity index (χ1v) is 3.50. The van der Waals surface area contributed by atoms with Crippen molar-refractivity contribution in [2.75, 3.05) is 0 Å². The fraction of sp³-hybridized carbons (Fsp3) is 0.250. The maximum absolute atomic E-state index is 12.1. The van der Waals surface area contributed by atoms with Gasteiger partial charge in [0.2, 0.25) is 6.04 Å². The molecule has 2 nitrogen and oxygen atoms in total. The first-order chi connectivity index (χ1) is 6.05. The van der Waals surface area contributed by atoms with Crippen LogP contribution in [0.25, 0.3) is 0 Å². The van der Waals surface area contributed by atoms with Crippen LogP contribution < -0.4 is 0 Å². The van der Waals surface area contributed by atoms with Gasteiger partial charge in [-0.15, -0.1) is 4.91 Å². The highest BCUT2D eigenvalue weighted by Crippen LogP contribution is 2.35. The van der Waals surface area contributed by atoms with E-state index in [4.69, 9.17) is 0 Å². The van der Waals surface area contributed by atoms with Crippen molar-refractivity contribution >= 4 is 0 Å². The van der Waals surface area contributed by atoms with Gasteiger partial charge in [-0.1, -0.05) is 35.5 Å². The average Bonchev–Trinajstić information content (AvgIpc) is 2.05. The van der Waals surface area contributed by atoms with Crippen molar-refractivity contribution in [1.29, 1.82) is 0 Å². The molecular formula is C8H6F3NO. The van der Waals surface area contributed by atoms with E-state index in [0.29, 0.717) is 0 Å². The number of halogens is 3. The summed E-state index contributed by atoms with van der Waals surface area (Å²) in [4.78, 5) is 9.98. The molecule has 0 aliphatic rings. The van der Waals surface area contributed by atoms with Crippen LogP contribution in [0.4, 0.5) is 13.2 Å². The van der Waals surface area contributed by atoms with E-state index in [9.17, 15) is 18.1 Å². The molecule has 0 N–H and O–H groups in total. The van der Waals surface area contributed by atoms with Crippen molar-refractivity contribution in [3.8, 4) is 0 Å². The molecule has 0 amide bonds.